The monoisotopic (exact) mass is 307 g/mol. The van der Waals surface area contributed by atoms with E-state index in [0.717, 1.165) is 35.1 Å². The van der Waals surface area contributed by atoms with Crippen LogP contribution < -0.4 is 5.32 Å². The summed E-state index contributed by atoms with van der Waals surface area (Å²) < 4.78 is 2.03. The molecule has 116 valence electrons. The second-order valence-corrected chi connectivity index (χ2v) is 5.86. The van der Waals surface area contributed by atoms with Crippen molar-refractivity contribution < 1.29 is 5.11 Å². The molecule has 4 rings (SSSR count). The van der Waals surface area contributed by atoms with Crippen molar-refractivity contribution in [2.24, 2.45) is 0 Å². The molecule has 0 saturated heterocycles. The zero-order chi connectivity index (χ0) is 16.0. The lowest BCUT2D eigenvalue weighted by atomic mass is 10.1. The Labute approximate surface area is 133 Å². The van der Waals surface area contributed by atoms with Crippen molar-refractivity contribution in [2.45, 2.75) is 19.8 Å². The minimum Gasteiger partial charge on any atom is -0.508 e. The van der Waals surface area contributed by atoms with Gasteiger partial charge in [-0.3, -0.25) is 4.57 Å². The highest BCUT2D eigenvalue weighted by molar-refractivity contribution is 5.68. The van der Waals surface area contributed by atoms with Crippen LogP contribution in [0.15, 0.2) is 36.4 Å². The molecule has 1 aromatic carbocycles. The van der Waals surface area contributed by atoms with E-state index < -0.39 is 0 Å². The molecule has 0 aliphatic carbocycles. The third kappa shape index (κ3) is 2.23. The van der Waals surface area contributed by atoms with Crippen LogP contribution in [0.3, 0.4) is 0 Å². The third-order valence-corrected chi connectivity index (χ3v) is 4.07. The summed E-state index contributed by atoms with van der Waals surface area (Å²) in [6.45, 7) is 4.79. The van der Waals surface area contributed by atoms with Crippen molar-refractivity contribution >= 4 is 5.69 Å². The summed E-state index contributed by atoms with van der Waals surface area (Å²) in [5.41, 5.74) is 3.51. The maximum atomic E-state index is 9.77. The van der Waals surface area contributed by atoms with Crippen molar-refractivity contribution in [3.63, 3.8) is 0 Å². The molecule has 1 atom stereocenters. The van der Waals surface area contributed by atoms with Gasteiger partial charge < -0.3 is 10.4 Å². The molecule has 1 aliphatic rings. The van der Waals surface area contributed by atoms with Gasteiger partial charge in [-0.1, -0.05) is 13.0 Å². The number of aromatic nitrogens is 4. The van der Waals surface area contributed by atoms with Crippen LogP contribution >= 0.6 is 0 Å². The van der Waals surface area contributed by atoms with Crippen molar-refractivity contribution in [3.8, 4) is 23.0 Å². The van der Waals surface area contributed by atoms with Gasteiger partial charge in [-0.05, 0) is 31.2 Å². The van der Waals surface area contributed by atoms with Gasteiger partial charge in [0.2, 0.25) is 0 Å². The van der Waals surface area contributed by atoms with E-state index in [4.69, 9.17) is 0 Å². The number of rotatable bonds is 1. The summed E-state index contributed by atoms with van der Waals surface area (Å²) in [6, 6.07) is 11.1. The average molecular weight is 307 g/mol. The molecule has 6 heteroatoms. The Kier molecular flexibility index (Phi) is 3.04. The SMILES string of the molecule is Cc1cccc(-c2nnc3n2-c2ccc(O)cc2NC[C@@H]3C)n1. The van der Waals surface area contributed by atoms with Crippen molar-refractivity contribution in [3.05, 3.63) is 47.9 Å². The fourth-order valence-corrected chi connectivity index (χ4v) is 2.90. The number of nitrogens with zero attached hydrogens (tertiary/aromatic N) is 4. The standard InChI is InChI=1S/C17H17N5O/c1-10-9-18-14-8-12(23)6-7-15(14)22-16(10)20-21-17(22)13-5-3-4-11(2)19-13/h3-8,10,18,23H,9H2,1-2H3/t10-/m0/s1. The summed E-state index contributed by atoms with van der Waals surface area (Å²) in [6.07, 6.45) is 0. The Morgan fingerprint density at radius 3 is 2.91 bits per heavy atom. The molecule has 3 aromatic rings. The Hall–Kier alpha value is -2.89. The van der Waals surface area contributed by atoms with E-state index in [0.29, 0.717) is 5.82 Å². The van der Waals surface area contributed by atoms with Crippen molar-refractivity contribution in [1.82, 2.24) is 19.7 Å². The average Bonchev–Trinajstić information content (AvgIpc) is 2.92. The van der Waals surface area contributed by atoms with Crippen LogP contribution in [0.1, 0.15) is 24.4 Å². The number of aromatic hydroxyl groups is 1. The summed E-state index contributed by atoms with van der Waals surface area (Å²) in [5.74, 6) is 2.03. The minimum atomic E-state index is 0.190. The van der Waals surface area contributed by atoms with Gasteiger partial charge >= 0.3 is 0 Å². The van der Waals surface area contributed by atoms with Crippen LogP contribution in [0.25, 0.3) is 17.2 Å². The fourth-order valence-electron chi connectivity index (χ4n) is 2.90. The first kappa shape index (κ1) is 13.8. The minimum absolute atomic E-state index is 0.190. The van der Waals surface area contributed by atoms with E-state index in [1.807, 2.05) is 35.8 Å². The second-order valence-electron chi connectivity index (χ2n) is 5.86. The molecule has 0 saturated carbocycles. The Bertz CT molecular complexity index is 886. The molecule has 0 bridgehead atoms. The molecule has 1 aliphatic heterocycles. The fraction of sp³-hybridized carbons (Fsp3) is 0.235. The molecular formula is C17H17N5O. The van der Waals surface area contributed by atoms with Crippen LogP contribution in [0.5, 0.6) is 5.75 Å². The smallest absolute Gasteiger partial charge is 0.187 e. The molecule has 3 heterocycles. The number of aryl methyl sites for hydroxylation is 1. The van der Waals surface area contributed by atoms with Crippen molar-refractivity contribution in [2.75, 3.05) is 11.9 Å². The van der Waals surface area contributed by atoms with E-state index in [1.165, 1.54) is 0 Å². The number of phenols is 1. The predicted octanol–water partition coefficient (Wildman–Crippen LogP) is 2.87. The zero-order valence-corrected chi connectivity index (χ0v) is 13.0. The van der Waals surface area contributed by atoms with Gasteiger partial charge in [0, 0.05) is 24.2 Å². The summed E-state index contributed by atoms with van der Waals surface area (Å²) >= 11 is 0. The van der Waals surface area contributed by atoms with Crippen LogP contribution in [0.2, 0.25) is 0 Å². The summed E-state index contributed by atoms with van der Waals surface area (Å²) in [7, 11) is 0. The highest BCUT2D eigenvalue weighted by atomic mass is 16.3. The van der Waals surface area contributed by atoms with Gasteiger partial charge in [-0.25, -0.2) is 4.98 Å². The maximum Gasteiger partial charge on any atom is 0.187 e. The first-order chi connectivity index (χ1) is 11.1. The molecule has 6 nitrogen and oxygen atoms in total. The van der Waals surface area contributed by atoms with Gasteiger partial charge in [-0.2, -0.15) is 0 Å². The Balaban J connectivity index is 1.99. The molecule has 0 amide bonds. The molecule has 2 N–H and O–H groups in total. The Morgan fingerprint density at radius 2 is 2.09 bits per heavy atom. The number of nitrogens with one attached hydrogen (secondary N) is 1. The normalized spacial score (nSPS) is 16.2. The van der Waals surface area contributed by atoms with Crippen LogP contribution in [0.4, 0.5) is 5.69 Å². The number of fused-ring (bicyclic) bond motifs is 3. The zero-order valence-electron chi connectivity index (χ0n) is 13.0. The molecule has 0 unspecified atom stereocenters. The van der Waals surface area contributed by atoms with E-state index >= 15 is 0 Å². The molecule has 2 aromatic heterocycles. The molecule has 0 fully saturated rings. The lowest BCUT2D eigenvalue weighted by Gasteiger charge is -2.12. The first-order valence-electron chi connectivity index (χ1n) is 7.60. The summed E-state index contributed by atoms with van der Waals surface area (Å²) in [4.78, 5) is 4.58. The quantitative estimate of drug-likeness (QED) is 0.723. The van der Waals surface area contributed by atoms with Crippen LogP contribution in [-0.2, 0) is 0 Å². The van der Waals surface area contributed by atoms with Gasteiger partial charge in [0.1, 0.15) is 17.3 Å². The number of phenolic OH excluding ortho intramolecular Hbond substituents is 1. The largest absolute Gasteiger partial charge is 0.508 e. The van der Waals surface area contributed by atoms with Gasteiger partial charge in [0.25, 0.3) is 0 Å². The van der Waals surface area contributed by atoms with Crippen LogP contribution in [-0.4, -0.2) is 31.4 Å². The number of hydrogen-bond acceptors (Lipinski definition) is 5. The van der Waals surface area contributed by atoms with Gasteiger partial charge in [0.15, 0.2) is 5.82 Å². The Morgan fingerprint density at radius 1 is 1.22 bits per heavy atom. The van der Waals surface area contributed by atoms with E-state index in [-0.39, 0.29) is 11.7 Å². The van der Waals surface area contributed by atoms with Crippen LogP contribution in [0, 0.1) is 6.92 Å². The van der Waals surface area contributed by atoms with Gasteiger partial charge in [-0.15, -0.1) is 10.2 Å². The topological polar surface area (TPSA) is 75.9 Å². The third-order valence-electron chi connectivity index (χ3n) is 4.07. The number of pyridine rings is 1. The number of anilines is 1. The lowest BCUT2D eigenvalue weighted by molar-refractivity contribution is 0.475. The number of benzene rings is 1. The lowest BCUT2D eigenvalue weighted by Crippen LogP contribution is -2.09. The highest BCUT2D eigenvalue weighted by Gasteiger charge is 2.25. The maximum absolute atomic E-state index is 9.77. The predicted molar refractivity (Wildman–Crippen MR) is 87.9 cm³/mol. The van der Waals surface area contributed by atoms with E-state index in [1.54, 1.807) is 12.1 Å². The second kappa shape index (κ2) is 5.08. The highest BCUT2D eigenvalue weighted by Crippen LogP contribution is 2.34. The van der Waals surface area contributed by atoms with Gasteiger partial charge in [0.05, 0.1) is 11.4 Å². The summed E-state index contributed by atoms with van der Waals surface area (Å²) in [5, 5.41) is 21.9. The molecule has 23 heavy (non-hydrogen) atoms. The first-order valence-corrected chi connectivity index (χ1v) is 7.60. The molecular weight excluding hydrogens is 290 g/mol. The van der Waals surface area contributed by atoms with E-state index in [9.17, 15) is 5.11 Å². The molecule has 0 radical (unpaired) electrons. The number of hydrogen-bond donors (Lipinski definition) is 2. The van der Waals surface area contributed by atoms with Crippen molar-refractivity contribution in [1.29, 1.82) is 0 Å². The molecule has 0 spiro atoms. The van der Waals surface area contributed by atoms with E-state index in [2.05, 4.69) is 27.4 Å².